The average molecular weight is 529 g/mol. The van der Waals surface area contributed by atoms with E-state index in [0.717, 1.165) is 38.7 Å². The lowest BCUT2D eigenvalue weighted by atomic mass is 9.90. The fourth-order valence-corrected chi connectivity index (χ4v) is 5.65. The first-order valence-electron chi connectivity index (χ1n) is 12.5. The van der Waals surface area contributed by atoms with Crippen LogP contribution in [0, 0.1) is 13.8 Å². The molecule has 0 saturated carbocycles. The van der Waals surface area contributed by atoms with Gasteiger partial charge in [-0.05, 0) is 60.7 Å². The number of carbonyl (C=O) groups is 2. The normalized spacial score (nSPS) is 13.7. The van der Waals surface area contributed by atoms with Gasteiger partial charge < -0.3 is 15.3 Å². The summed E-state index contributed by atoms with van der Waals surface area (Å²) in [4.78, 5) is 27.1. The lowest BCUT2D eigenvalue weighted by Gasteiger charge is -2.31. The number of carbonyl (C=O) groups excluding carboxylic acids is 1. The molecule has 7 nitrogen and oxygen atoms in total. The first-order valence-corrected chi connectivity index (χ1v) is 12.9. The van der Waals surface area contributed by atoms with Crippen LogP contribution in [0.5, 0.6) is 0 Å². The van der Waals surface area contributed by atoms with E-state index in [1.54, 1.807) is 6.20 Å². The zero-order chi connectivity index (χ0) is 27.0. The standard InChI is InChI=1S/C30H29ClN4O3/c1-17-5-4-6-20(11-17)12-27(30(37)38)33-19(3)28-18(2)24-9-10-35(16-23(24)13-25(28)31)29(36)21-7-8-22-15-32-34-26(22)14-21/h4-8,11,13-15,27,33H,3,9-10,12,16H2,1-2H3,(H,32,34)(H,37,38)/t27-/m0/s1. The van der Waals surface area contributed by atoms with Gasteiger partial charge in [0, 0.05) is 41.7 Å². The molecule has 5 rings (SSSR count). The second-order valence-corrected chi connectivity index (χ2v) is 10.3. The van der Waals surface area contributed by atoms with E-state index < -0.39 is 12.0 Å². The van der Waals surface area contributed by atoms with Crippen molar-refractivity contribution in [2.75, 3.05) is 6.54 Å². The fraction of sp³-hybridized carbons (Fsp3) is 0.233. The number of halogens is 1. The van der Waals surface area contributed by atoms with Crippen LogP contribution >= 0.6 is 11.6 Å². The highest BCUT2D eigenvalue weighted by molar-refractivity contribution is 6.32. The van der Waals surface area contributed by atoms with Gasteiger partial charge in [0.25, 0.3) is 5.91 Å². The number of hydrogen-bond donors (Lipinski definition) is 3. The highest BCUT2D eigenvalue weighted by atomic mass is 35.5. The maximum atomic E-state index is 13.3. The van der Waals surface area contributed by atoms with E-state index in [-0.39, 0.29) is 5.91 Å². The second-order valence-electron chi connectivity index (χ2n) is 9.85. The number of aryl methyl sites for hydroxylation is 1. The summed E-state index contributed by atoms with van der Waals surface area (Å²) in [7, 11) is 0. The smallest absolute Gasteiger partial charge is 0.326 e. The van der Waals surface area contributed by atoms with Gasteiger partial charge in [0.15, 0.2) is 0 Å². The van der Waals surface area contributed by atoms with Gasteiger partial charge in [-0.1, -0.05) is 54.1 Å². The Morgan fingerprint density at radius 1 is 1.21 bits per heavy atom. The molecule has 1 aliphatic heterocycles. The summed E-state index contributed by atoms with van der Waals surface area (Å²) in [5, 5.41) is 21.3. The van der Waals surface area contributed by atoms with Gasteiger partial charge in [0.2, 0.25) is 0 Å². The summed E-state index contributed by atoms with van der Waals surface area (Å²) in [6.45, 7) is 9.12. The van der Waals surface area contributed by atoms with Crippen molar-refractivity contribution in [3.8, 4) is 0 Å². The van der Waals surface area contributed by atoms with Crippen molar-refractivity contribution in [1.29, 1.82) is 0 Å². The van der Waals surface area contributed by atoms with Crippen LogP contribution in [0.25, 0.3) is 16.6 Å². The van der Waals surface area contributed by atoms with Crippen LogP contribution in [0.4, 0.5) is 0 Å². The van der Waals surface area contributed by atoms with E-state index in [2.05, 4.69) is 22.1 Å². The van der Waals surface area contributed by atoms with Crippen molar-refractivity contribution in [3.05, 3.63) is 105 Å². The number of hydrogen-bond acceptors (Lipinski definition) is 4. The number of H-pyrrole nitrogens is 1. The average Bonchev–Trinajstić information content (AvgIpc) is 3.35. The topological polar surface area (TPSA) is 98.3 Å². The molecule has 1 aromatic heterocycles. The molecule has 0 bridgehead atoms. The Labute approximate surface area is 226 Å². The van der Waals surface area contributed by atoms with E-state index in [9.17, 15) is 14.7 Å². The second kappa shape index (κ2) is 10.3. The summed E-state index contributed by atoms with van der Waals surface area (Å²) in [5.74, 6) is -1.00. The number of fused-ring (bicyclic) bond motifs is 2. The third-order valence-corrected chi connectivity index (χ3v) is 7.49. The van der Waals surface area contributed by atoms with Gasteiger partial charge in [0.05, 0.1) is 16.7 Å². The quantitative estimate of drug-likeness (QED) is 0.303. The largest absolute Gasteiger partial charge is 0.480 e. The molecule has 38 heavy (non-hydrogen) atoms. The van der Waals surface area contributed by atoms with Gasteiger partial charge in [-0.3, -0.25) is 9.89 Å². The van der Waals surface area contributed by atoms with Crippen LogP contribution in [-0.4, -0.2) is 44.7 Å². The maximum absolute atomic E-state index is 13.3. The number of benzene rings is 3. The summed E-state index contributed by atoms with van der Waals surface area (Å²) in [5.41, 5.74) is 7.69. The van der Waals surface area contributed by atoms with Crippen LogP contribution in [-0.2, 0) is 24.2 Å². The van der Waals surface area contributed by atoms with E-state index in [4.69, 9.17) is 11.6 Å². The number of nitrogens with zero attached hydrogens (tertiary/aromatic N) is 2. The number of nitrogens with one attached hydrogen (secondary N) is 2. The number of aromatic amines is 1. The van der Waals surface area contributed by atoms with Crippen molar-refractivity contribution in [1.82, 2.24) is 20.4 Å². The molecule has 3 aromatic carbocycles. The molecule has 2 heterocycles. The molecule has 4 aromatic rings. The Hall–Kier alpha value is -4.10. The van der Waals surface area contributed by atoms with E-state index >= 15 is 0 Å². The molecule has 0 unspecified atom stereocenters. The molecule has 0 spiro atoms. The van der Waals surface area contributed by atoms with Crippen molar-refractivity contribution in [2.45, 2.75) is 39.3 Å². The van der Waals surface area contributed by atoms with Crippen LogP contribution in [0.2, 0.25) is 5.02 Å². The molecule has 1 atom stereocenters. The Kier molecular flexibility index (Phi) is 6.95. The molecule has 1 amide bonds. The van der Waals surface area contributed by atoms with Gasteiger partial charge in [-0.25, -0.2) is 4.79 Å². The minimum atomic E-state index is -0.957. The maximum Gasteiger partial charge on any atom is 0.326 e. The number of carboxylic acid groups (broad SMARTS) is 1. The Morgan fingerprint density at radius 2 is 2.03 bits per heavy atom. The Bertz CT molecular complexity index is 1580. The minimum absolute atomic E-state index is 0.0449. The number of amides is 1. The summed E-state index contributed by atoms with van der Waals surface area (Å²) < 4.78 is 0. The zero-order valence-electron chi connectivity index (χ0n) is 21.3. The van der Waals surface area contributed by atoms with Crippen molar-refractivity contribution in [3.63, 3.8) is 0 Å². The van der Waals surface area contributed by atoms with Crippen molar-refractivity contribution in [2.24, 2.45) is 0 Å². The predicted molar refractivity (Wildman–Crippen MR) is 149 cm³/mol. The number of aromatic nitrogens is 2. The number of rotatable bonds is 7. The molecular weight excluding hydrogens is 500 g/mol. The zero-order valence-corrected chi connectivity index (χ0v) is 22.1. The molecule has 3 N–H and O–H groups in total. The summed E-state index contributed by atoms with van der Waals surface area (Å²) in [6, 6.07) is 14.4. The predicted octanol–water partition coefficient (Wildman–Crippen LogP) is 5.29. The minimum Gasteiger partial charge on any atom is -0.480 e. The Balaban J connectivity index is 1.35. The van der Waals surface area contributed by atoms with Crippen LogP contribution in [0.3, 0.4) is 0 Å². The van der Waals surface area contributed by atoms with E-state index in [0.29, 0.717) is 47.8 Å². The SMILES string of the molecule is C=C(N[C@@H](Cc1cccc(C)c1)C(=O)O)c1c(Cl)cc2c(c1C)CCN(C(=O)c1ccc3cn[nH]c3c1)C2. The molecule has 194 valence electrons. The van der Waals surface area contributed by atoms with Crippen molar-refractivity contribution < 1.29 is 14.7 Å². The van der Waals surface area contributed by atoms with Crippen LogP contribution in [0.15, 0.2) is 61.3 Å². The van der Waals surface area contributed by atoms with E-state index in [1.807, 2.05) is 67.3 Å². The fourth-order valence-electron chi connectivity index (χ4n) is 5.26. The molecule has 8 heteroatoms. The highest BCUT2D eigenvalue weighted by Crippen LogP contribution is 2.34. The molecule has 0 radical (unpaired) electrons. The number of aliphatic carboxylic acids is 1. The molecule has 1 aliphatic rings. The molecule has 0 saturated heterocycles. The molecule has 0 aliphatic carbocycles. The lowest BCUT2D eigenvalue weighted by Crippen LogP contribution is -2.38. The van der Waals surface area contributed by atoms with Crippen LogP contribution < -0.4 is 5.32 Å². The van der Waals surface area contributed by atoms with Gasteiger partial charge in [-0.15, -0.1) is 0 Å². The molecule has 0 fully saturated rings. The summed E-state index contributed by atoms with van der Waals surface area (Å²) in [6.07, 6.45) is 2.72. The van der Waals surface area contributed by atoms with Crippen LogP contribution in [0.1, 0.15) is 43.7 Å². The lowest BCUT2D eigenvalue weighted by molar-refractivity contribution is -0.139. The van der Waals surface area contributed by atoms with Gasteiger partial charge in [-0.2, -0.15) is 5.10 Å². The monoisotopic (exact) mass is 528 g/mol. The third-order valence-electron chi connectivity index (χ3n) is 7.19. The van der Waals surface area contributed by atoms with E-state index in [1.165, 1.54) is 0 Å². The van der Waals surface area contributed by atoms with Gasteiger partial charge >= 0.3 is 5.97 Å². The first kappa shape index (κ1) is 25.5. The third kappa shape index (κ3) is 5.02. The summed E-state index contributed by atoms with van der Waals surface area (Å²) >= 11 is 6.74. The van der Waals surface area contributed by atoms with Crippen molar-refractivity contribution >= 4 is 40.1 Å². The first-order chi connectivity index (χ1) is 18.2. The highest BCUT2D eigenvalue weighted by Gasteiger charge is 2.27. The number of carboxylic acids is 1. The molecular formula is C30H29ClN4O3. The van der Waals surface area contributed by atoms with Gasteiger partial charge in [0.1, 0.15) is 6.04 Å². The Morgan fingerprint density at radius 3 is 2.79 bits per heavy atom.